The predicted octanol–water partition coefficient (Wildman–Crippen LogP) is 0.864. The van der Waals surface area contributed by atoms with Crippen LogP contribution in [0.25, 0.3) is 0 Å². The second-order valence-corrected chi connectivity index (χ2v) is 1.86. The number of hydrogen-bond acceptors (Lipinski definition) is 2. The summed E-state index contributed by atoms with van der Waals surface area (Å²) >= 11 is 0. The molecule has 0 amide bonds. The van der Waals surface area contributed by atoms with Gasteiger partial charge < -0.3 is 4.90 Å². The molecular formula is C6H10N2. The summed E-state index contributed by atoms with van der Waals surface area (Å²) in [5.41, 5.74) is 1.21. The summed E-state index contributed by atoms with van der Waals surface area (Å²) in [6.07, 6.45) is 3.94. The van der Waals surface area contributed by atoms with Crippen molar-refractivity contribution in [2.24, 2.45) is 4.99 Å². The van der Waals surface area contributed by atoms with Gasteiger partial charge in [-0.2, -0.15) is 0 Å². The molecule has 1 aliphatic rings. The van der Waals surface area contributed by atoms with Gasteiger partial charge in [0.25, 0.3) is 0 Å². The van der Waals surface area contributed by atoms with E-state index in [0.717, 1.165) is 6.67 Å². The standard InChI is InChI=1S/C6H10N2/c1-3-6-4-7-5-8(6)2/h3-4H,5H2,1-2H3/b6-3-. The maximum absolute atomic E-state index is 4.05. The third-order valence-corrected chi connectivity index (χ3v) is 1.25. The minimum absolute atomic E-state index is 0.819. The van der Waals surface area contributed by atoms with Crippen molar-refractivity contribution in [3.63, 3.8) is 0 Å². The summed E-state index contributed by atoms with van der Waals surface area (Å²) in [4.78, 5) is 6.15. The highest BCUT2D eigenvalue weighted by Gasteiger charge is 2.03. The smallest absolute Gasteiger partial charge is 0.110 e. The lowest BCUT2D eigenvalue weighted by molar-refractivity contribution is 0.477. The van der Waals surface area contributed by atoms with E-state index < -0.39 is 0 Å². The van der Waals surface area contributed by atoms with Crippen LogP contribution in [-0.4, -0.2) is 24.8 Å². The van der Waals surface area contributed by atoms with Crippen molar-refractivity contribution in [3.8, 4) is 0 Å². The first-order chi connectivity index (χ1) is 3.84. The fraction of sp³-hybridized carbons (Fsp3) is 0.500. The fourth-order valence-corrected chi connectivity index (χ4v) is 0.732. The van der Waals surface area contributed by atoms with Gasteiger partial charge in [-0.1, -0.05) is 6.08 Å². The van der Waals surface area contributed by atoms with Crippen molar-refractivity contribution in [1.82, 2.24) is 4.90 Å². The predicted molar refractivity (Wildman–Crippen MR) is 34.9 cm³/mol. The number of allylic oxidation sites excluding steroid dienone is 2. The Morgan fingerprint density at radius 1 is 1.88 bits per heavy atom. The van der Waals surface area contributed by atoms with Crippen LogP contribution >= 0.6 is 0 Å². The molecule has 0 aromatic heterocycles. The van der Waals surface area contributed by atoms with Gasteiger partial charge in [0.05, 0.1) is 5.70 Å². The van der Waals surface area contributed by atoms with Gasteiger partial charge in [-0.15, -0.1) is 0 Å². The molecule has 0 aromatic rings. The Kier molecular flexibility index (Phi) is 1.33. The largest absolute Gasteiger partial charge is 0.354 e. The second kappa shape index (κ2) is 1.99. The van der Waals surface area contributed by atoms with Gasteiger partial charge in [0, 0.05) is 13.3 Å². The highest BCUT2D eigenvalue weighted by molar-refractivity contribution is 5.79. The zero-order valence-corrected chi connectivity index (χ0v) is 5.26. The first kappa shape index (κ1) is 5.35. The quantitative estimate of drug-likeness (QED) is 0.451. The summed E-state index contributed by atoms with van der Waals surface area (Å²) in [5.74, 6) is 0. The van der Waals surface area contributed by atoms with E-state index in [1.54, 1.807) is 0 Å². The summed E-state index contributed by atoms with van der Waals surface area (Å²) in [6.45, 7) is 2.84. The Balaban J connectivity index is 2.67. The molecule has 2 heteroatoms. The van der Waals surface area contributed by atoms with Crippen LogP contribution in [-0.2, 0) is 0 Å². The molecule has 0 fully saturated rings. The van der Waals surface area contributed by atoms with Crippen LogP contribution in [0.15, 0.2) is 16.8 Å². The third kappa shape index (κ3) is 0.735. The third-order valence-electron chi connectivity index (χ3n) is 1.25. The Labute approximate surface area is 49.5 Å². The average Bonchev–Trinajstić information content (AvgIpc) is 2.14. The highest BCUT2D eigenvalue weighted by Crippen LogP contribution is 2.03. The average molecular weight is 110 g/mol. The zero-order chi connectivity index (χ0) is 5.98. The van der Waals surface area contributed by atoms with Gasteiger partial charge in [-0.25, -0.2) is 0 Å². The van der Waals surface area contributed by atoms with Crippen LogP contribution in [0.5, 0.6) is 0 Å². The number of hydrogen-bond donors (Lipinski definition) is 0. The lowest BCUT2D eigenvalue weighted by Crippen LogP contribution is -2.11. The molecule has 8 heavy (non-hydrogen) atoms. The van der Waals surface area contributed by atoms with E-state index in [2.05, 4.69) is 16.0 Å². The van der Waals surface area contributed by atoms with Crippen molar-refractivity contribution in [3.05, 3.63) is 11.8 Å². The van der Waals surface area contributed by atoms with Crippen LogP contribution < -0.4 is 0 Å². The Morgan fingerprint density at radius 2 is 2.62 bits per heavy atom. The first-order valence-electron chi connectivity index (χ1n) is 2.72. The molecule has 0 aliphatic carbocycles. The van der Waals surface area contributed by atoms with Gasteiger partial charge in [0.2, 0.25) is 0 Å². The van der Waals surface area contributed by atoms with Crippen LogP contribution in [0.3, 0.4) is 0 Å². The maximum atomic E-state index is 4.05. The summed E-state index contributed by atoms with van der Waals surface area (Å²) in [5, 5.41) is 0. The maximum Gasteiger partial charge on any atom is 0.110 e. The van der Waals surface area contributed by atoms with Crippen molar-refractivity contribution < 1.29 is 0 Å². The van der Waals surface area contributed by atoms with E-state index in [4.69, 9.17) is 0 Å². The number of nitrogens with zero attached hydrogens (tertiary/aromatic N) is 2. The van der Waals surface area contributed by atoms with Gasteiger partial charge in [-0.3, -0.25) is 4.99 Å². The van der Waals surface area contributed by atoms with E-state index in [1.165, 1.54) is 5.70 Å². The highest BCUT2D eigenvalue weighted by atomic mass is 15.2. The van der Waals surface area contributed by atoms with E-state index in [9.17, 15) is 0 Å². The molecule has 2 nitrogen and oxygen atoms in total. The number of aliphatic imine (C=N–C) groups is 1. The molecule has 0 unspecified atom stereocenters. The van der Waals surface area contributed by atoms with Crippen LogP contribution in [0, 0.1) is 0 Å². The lowest BCUT2D eigenvalue weighted by atomic mass is 10.4. The van der Waals surface area contributed by atoms with E-state index in [0.29, 0.717) is 0 Å². The molecule has 0 saturated heterocycles. The summed E-state index contributed by atoms with van der Waals surface area (Å²) in [6, 6.07) is 0. The second-order valence-electron chi connectivity index (χ2n) is 1.86. The minimum atomic E-state index is 0.819. The molecule has 1 rings (SSSR count). The Bertz CT molecular complexity index is 135. The molecule has 0 spiro atoms. The van der Waals surface area contributed by atoms with E-state index >= 15 is 0 Å². The molecule has 44 valence electrons. The van der Waals surface area contributed by atoms with Gasteiger partial charge in [-0.05, 0) is 6.92 Å². The number of rotatable bonds is 0. The molecule has 0 atom stereocenters. The van der Waals surface area contributed by atoms with Gasteiger partial charge >= 0.3 is 0 Å². The fourth-order valence-electron chi connectivity index (χ4n) is 0.732. The van der Waals surface area contributed by atoms with Crippen LogP contribution in [0.1, 0.15) is 6.92 Å². The van der Waals surface area contributed by atoms with Crippen LogP contribution in [0.4, 0.5) is 0 Å². The van der Waals surface area contributed by atoms with Crippen molar-refractivity contribution >= 4 is 6.21 Å². The normalized spacial score (nSPS) is 23.2. The van der Waals surface area contributed by atoms with Gasteiger partial charge in [0.1, 0.15) is 6.67 Å². The zero-order valence-electron chi connectivity index (χ0n) is 5.26. The van der Waals surface area contributed by atoms with Crippen molar-refractivity contribution in [2.45, 2.75) is 6.92 Å². The van der Waals surface area contributed by atoms with Crippen molar-refractivity contribution in [2.75, 3.05) is 13.7 Å². The van der Waals surface area contributed by atoms with Crippen LogP contribution in [0.2, 0.25) is 0 Å². The van der Waals surface area contributed by atoms with Gasteiger partial charge in [0.15, 0.2) is 0 Å². The van der Waals surface area contributed by atoms with E-state index in [1.807, 2.05) is 20.2 Å². The van der Waals surface area contributed by atoms with E-state index in [-0.39, 0.29) is 0 Å². The topological polar surface area (TPSA) is 15.6 Å². The summed E-state index contributed by atoms with van der Waals surface area (Å²) < 4.78 is 0. The molecule has 0 bridgehead atoms. The molecule has 0 N–H and O–H groups in total. The molecule has 1 heterocycles. The molecular weight excluding hydrogens is 100 g/mol. The van der Waals surface area contributed by atoms with Crippen molar-refractivity contribution in [1.29, 1.82) is 0 Å². The molecule has 0 saturated carbocycles. The molecule has 1 aliphatic heterocycles. The molecule has 0 radical (unpaired) electrons. The SMILES string of the molecule is C/C=C1/C=NCN1C. The first-order valence-corrected chi connectivity index (χ1v) is 2.72. The lowest BCUT2D eigenvalue weighted by Gasteiger charge is -2.08. The Hall–Kier alpha value is -0.790. The minimum Gasteiger partial charge on any atom is -0.354 e. The Morgan fingerprint density at radius 3 is 2.88 bits per heavy atom. The molecule has 0 aromatic carbocycles. The summed E-state index contributed by atoms with van der Waals surface area (Å²) in [7, 11) is 2.03. The monoisotopic (exact) mass is 110 g/mol.